The van der Waals surface area contributed by atoms with Crippen molar-refractivity contribution >= 4 is 11.3 Å². The number of rotatable bonds is 5. The van der Waals surface area contributed by atoms with Crippen LogP contribution < -0.4 is 0 Å². The molecule has 0 aromatic carbocycles. The number of piperidine rings is 1. The van der Waals surface area contributed by atoms with Crippen molar-refractivity contribution in [3.05, 3.63) is 28.2 Å². The molecule has 106 valence electrons. The predicted molar refractivity (Wildman–Crippen MR) is 80.2 cm³/mol. The molecule has 1 atom stereocenters. The summed E-state index contributed by atoms with van der Waals surface area (Å²) in [7, 11) is 0. The Bertz CT molecular complexity index is 412. The van der Waals surface area contributed by atoms with E-state index in [9.17, 15) is 5.11 Å². The van der Waals surface area contributed by atoms with Crippen LogP contribution in [0.1, 0.15) is 38.1 Å². The maximum absolute atomic E-state index is 9.83. The van der Waals surface area contributed by atoms with Crippen molar-refractivity contribution in [3.8, 4) is 0 Å². The van der Waals surface area contributed by atoms with E-state index in [0.29, 0.717) is 0 Å². The van der Waals surface area contributed by atoms with Crippen LogP contribution in [0.2, 0.25) is 0 Å². The fourth-order valence-corrected chi connectivity index (χ4v) is 3.41. The molecule has 19 heavy (non-hydrogen) atoms. The van der Waals surface area contributed by atoms with Gasteiger partial charge in [-0.15, -0.1) is 11.3 Å². The van der Waals surface area contributed by atoms with E-state index in [-0.39, 0.29) is 12.0 Å². The molecule has 1 fully saturated rings. The van der Waals surface area contributed by atoms with Gasteiger partial charge in [0.15, 0.2) is 0 Å². The van der Waals surface area contributed by atoms with Gasteiger partial charge in [0.1, 0.15) is 5.01 Å². The Morgan fingerprint density at radius 2 is 2.42 bits per heavy atom. The van der Waals surface area contributed by atoms with E-state index in [0.717, 1.165) is 32.5 Å². The van der Waals surface area contributed by atoms with Crippen molar-refractivity contribution in [1.29, 1.82) is 0 Å². The fourth-order valence-electron chi connectivity index (χ4n) is 2.75. The van der Waals surface area contributed by atoms with Gasteiger partial charge in [0.05, 0.1) is 13.2 Å². The molecule has 0 bridgehead atoms. The zero-order valence-corrected chi connectivity index (χ0v) is 12.7. The smallest absolute Gasteiger partial charge is 0.107 e. The minimum absolute atomic E-state index is 0.0484. The minimum atomic E-state index is 0.0484. The van der Waals surface area contributed by atoms with E-state index in [4.69, 9.17) is 0 Å². The van der Waals surface area contributed by atoms with Crippen LogP contribution in [-0.2, 0) is 6.54 Å². The summed E-state index contributed by atoms with van der Waals surface area (Å²) in [5, 5.41) is 13.0. The van der Waals surface area contributed by atoms with Crippen LogP contribution in [0, 0.1) is 5.41 Å². The van der Waals surface area contributed by atoms with Crippen molar-refractivity contribution in [2.24, 2.45) is 5.41 Å². The van der Waals surface area contributed by atoms with Gasteiger partial charge in [-0.25, -0.2) is 4.98 Å². The number of hydrogen-bond acceptors (Lipinski definition) is 4. The van der Waals surface area contributed by atoms with Crippen LogP contribution >= 0.6 is 11.3 Å². The van der Waals surface area contributed by atoms with Crippen molar-refractivity contribution in [2.45, 2.75) is 39.7 Å². The molecule has 1 aromatic rings. The van der Waals surface area contributed by atoms with E-state index in [1.165, 1.54) is 17.0 Å². The van der Waals surface area contributed by atoms with Gasteiger partial charge in [-0.1, -0.05) is 11.6 Å². The summed E-state index contributed by atoms with van der Waals surface area (Å²) in [6.45, 7) is 7.56. The average molecular weight is 280 g/mol. The molecule has 1 aromatic heterocycles. The van der Waals surface area contributed by atoms with Crippen LogP contribution in [0.3, 0.4) is 0 Å². The maximum atomic E-state index is 9.83. The van der Waals surface area contributed by atoms with E-state index in [2.05, 4.69) is 29.8 Å². The molecule has 1 aliphatic rings. The molecule has 0 saturated carbocycles. The Morgan fingerprint density at radius 3 is 3.05 bits per heavy atom. The highest BCUT2D eigenvalue weighted by molar-refractivity contribution is 7.09. The van der Waals surface area contributed by atoms with Crippen LogP contribution in [-0.4, -0.2) is 34.7 Å². The Kier molecular flexibility index (Phi) is 5.13. The van der Waals surface area contributed by atoms with Crippen LogP contribution in [0.5, 0.6) is 0 Å². The van der Waals surface area contributed by atoms with E-state index in [1.807, 2.05) is 11.6 Å². The van der Waals surface area contributed by atoms with Crippen molar-refractivity contribution < 1.29 is 5.11 Å². The summed E-state index contributed by atoms with van der Waals surface area (Å²) in [6.07, 6.45) is 7.42. The summed E-state index contributed by atoms with van der Waals surface area (Å²) in [5.74, 6) is 0. The largest absolute Gasteiger partial charge is 0.396 e. The van der Waals surface area contributed by atoms with Crippen molar-refractivity contribution in [2.75, 3.05) is 19.7 Å². The predicted octanol–water partition coefficient (Wildman–Crippen LogP) is 3.07. The third kappa shape index (κ3) is 4.13. The molecule has 3 nitrogen and oxygen atoms in total. The standard InChI is InChI=1S/C15H24N2OS/c1-13(2)4-6-15(12-18)5-3-8-17(11-15)10-14-16-7-9-19-14/h4,7,9,18H,3,5-6,8,10-12H2,1-2H3/t15-/m1/s1. The first-order chi connectivity index (χ1) is 9.13. The number of hydrogen-bond donors (Lipinski definition) is 1. The lowest BCUT2D eigenvalue weighted by Crippen LogP contribution is -2.44. The Balaban J connectivity index is 1.99. The summed E-state index contributed by atoms with van der Waals surface area (Å²) < 4.78 is 0. The molecule has 0 spiro atoms. The average Bonchev–Trinajstić information content (AvgIpc) is 2.90. The van der Waals surface area contributed by atoms with Crippen LogP contribution in [0.4, 0.5) is 0 Å². The normalized spacial score (nSPS) is 24.4. The van der Waals surface area contributed by atoms with Gasteiger partial charge in [-0.2, -0.15) is 0 Å². The Labute approximate surface area is 120 Å². The number of allylic oxidation sites excluding steroid dienone is 2. The van der Waals surface area contributed by atoms with Gasteiger partial charge in [-0.05, 0) is 39.7 Å². The lowest BCUT2D eigenvalue weighted by atomic mass is 9.77. The molecular weight excluding hydrogens is 256 g/mol. The Morgan fingerprint density at radius 1 is 1.58 bits per heavy atom. The summed E-state index contributed by atoms with van der Waals surface area (Å²) in [4.78, 5) is 6.80. The fraction of sp³-hybridized carbons (Fsp3) is 0.667. The number of likely N-dealkylation sites (tertiary alicyclic amines) is 1. The number of thiazole rings is 1. The number of aromatic nitrogens is 1. The summed E-state index contributed by atoms with van der Waals surface area (Å²) in [5.41, 5.74) is 1.39. The molecular formula is C15H24N2OS. The topological polar surface area (TPSA) is 36.4 Å². The first-order valence-electron chi connectivity index (χ1n) is 6.98. The molecule has 1 aliphatic heterocycles. The van der Waals surface area contributed by atoms with Crippen LogP contribution in [0.15, 0.2) is 23.2 Å². The maximum Gasteiger partial charge on any atom is 0.107 e. The molecule has 2 heterocycles. The molecule has 0 radical (unpaired) electrons. The lowest BCUT2D eigenvalue weighted by molar-refractivity contribution is 0.0307. The summed E-state index contributed by atoms with van der Waals surface area (Å²) in [6, 6.07) is 0. The van der Waals surface area contributed by atoms with E-state index in [1.54, 1.807) is 11.3 Å². The highest BCUT2D eigenvalue weighted by atomic mass is 32.1. The summed E-state index contributed by atoms with van der Waals surface area (Å²) >= 11 is 1.72. The molecule has 0 unspecified atom stereocenters. The number of aliphatic hydroxyl groups excluding tert-OH is 1. The SMILES string of the molecule is CC(C)=CC[C@]1(CO)CCCN(Cc2nccs2)C1. The monoisotopic (exact) mass is 280 g/mol. The van der Waals surface area contributed by atoms with Gasteiger partial charge >= 0.3 is 0 Å². The first-order valence-corrected chi connectivity index (χ1v) is 7.86. The van der Waals surface area contributed by atoms with Gasteiger partial charge in [0, 0.05) is 23.5 Å². The van der Waals surface area contributed by atoms with Gasteiger partial charge in [-0.3, -0.25) is 4.90 Å². The molecule has 1 N–H and O–H groups in total. The van der Waals surface area contributed by atoms with Gasteiger partial charge in [0.2, 0.25) is 0 Å². The molecule has 0 amide bonds. The number of aliphatic hydroxyl groups is 1. The second-order valence-electron chi connectivity index (χ2n) is 5.88. The number of nitrogens with zero attached hydrogens (tertiary/aromatic N) is 2. The highest BCUT2D eigenvalue weighted by Gasteiger charge is 2.34. The van der Waals surface area contributed by atoms with E-state index < -0.39 is 0 Å². The van der Waals surface area contributed by atoms with Gasteiger partial charge in [0.25, 0.3) is 0 Å². The molecule has 4 heteroatoms. The Hall–Kier alpha value is -0.710. The molecule has 2 rings (SSSR count). The first kappa shape index (κ1) is 14.7. The quantitative estimate of drug-likeness (QED) is 0.842. The lowest BCUT2D eigenvalue weighted by Gasteiger charge is -2.41. The van der Waals surface area contributed by atoms with Gasteiger partial charge < -0.3 is 5.11 Å². The highest BCUT2D eigenvalue weighted by Crippen LogP contribution is 2.34. The minimum Gasteiger partial charge on any atom is -0.396 e. The van der Waals surface area contributed by atoms with Crippen molar-refractivity contribution in [3.63, 3.8) is 0 Å². The van der Waals surface area contributed by atoms with E-state index >= 15 is 0 Å². The molecule has 1 saturated heterocycles. The third-order valence-corrected chi connectivity index (χ3v) is 4.63. The second kappa shape index (κ2) is 6.64. The molecule has 0 aliphatic carbocycles. The third-order valence-electron chi connectivity index (χ3n) is 3.86. The van der Waals surface area contributed by atoms with Crippen LogP contribution in [0.25, 0.3) is 0 Å². The van der Waals surface area contributed by atoms with Crippen molar-refractivity contribution in [1.82, 2.24) is 9.88 Å². The zero-order chi connectivity index (χ0) is 13.7. The second-order valence-corrected chi connectivity index (χ2v) is 6.86. The zero-order valence-electron chi connectivity index (χ0n) is 11.9.